The Labute approximate surface area is 117 Å². The van der Waals surface area contributed by atoms with Crippen LogP contribution < -0.4 is 0 Å². The first-order valence-electron chi connectivity index (χ1n) is 6.41. The van der Waals surface area contributed by atoms with Crippen LogP contribution in [0.5, 0.6) is 0 Å². The van der Waals surface area contributed by atoms with Crippen LogP contribution in [0, 0.1) is 6.92 Å². The molecule has 1 heterocycles. The van der Waals surface area contributed by atoms with Crippen LogP contribution in [0.2, 0.25) is 0 Å². The summed E-state index contributed by atoms with van der Waals surface area (Å²) in [4.78, 5) is 29.4. The maximum absolute atomic E-state index is 12.1. The summed E-state index contributed by atoms with van der Waals surface area (Å²) in [5.41, 5.74) is 0.762. The van der Waals surface area contributed by atoms with E-state index in [2.05, 4.69) is 4.98 Å². The SMILES string of the molecule is CCCN(CC(=O)OCC)C(=O)Cc1csc(C)n1. The Morgan fingerprint density at radius 1 is 1.42 bits per heavy atom. The van der Waals surface area contributed by atoms with Gasteiger partial charge in [0, 0.05) is 11.9 Å². The fraction of sp³-hybridized carbons (Fsp3) is 0.615. The van der Waals surface area contributed by atoms with Crippen molar-refractivity contribution in [3.8, 4) is 0 Å². The van der Waals surface area contributed by atoms with E-state index in [1.807, 2.05) is 19.2 Å². The lowest BCUT2D eigenvalue weighted by Gasteiger charge is -2.20. The van der Waals surface area contributed by atoms with Gasteiger partial charge in [-0.2, -0.15) is 0 Å². The summed E-state index contributed by atoms with van der Waals surface area (Å²) in [6, 6.07) is 0. The first-order chi connectivity index (χ1) is 9.06. The molecule has 0 radical (unpaired) electrons. The fourth-order valence-electron chi connectivity index (χ4n) is 1.68. The van der Waals surface area contributed by atoms with Gasteiger partial charge in [0.1, 0.15) is 6.54 Å². The van der Waals surface area contributed by atoms with E-state index in [-0.39, 0.29) is 24.8 Å². The number of nitrogens with zero attached hydrogens (tertiary/aromatic N) is 2. The van der Waals surface area contributed by atoms with E-state index in [0.29, 0.717) is 13.2 Å². The standard InChI is InChI=1S/C13H20N2O3S/c1-4-6-15(8-13(17)18-5-2)12(16)7-11-9-19-10(3)14-11/h9H,4-8H2,1-3H3. The predicted octanol–water partition coefficient (Wildman–Crippen LogP) is 1.80. The van der Waals surface area contributed by atoms with E-state index >= 15 is 0 Å². The predicted molar refractivity (Wildman–Crippen MR) is 74.1 cm³/mol. The summed E-state index contributed by atoms with van der Waals surface area (Å²) in [6.07, 6.45) is 1.05. The van der Waals surface area contributed by atoms with Crippen molar-refractivity contribution >= 4 is 23.2 Å². The van der Waals surface area contributed by atoms with Crippen molar-refractivity contribution in [3.05, 3.63) is 16.1 Å². The molecule has 0 aliphatic carbocycles. The lowest BCUT2D eigenvalue weighted by Crippen LogP contribution is -2.38. The fourth-order valence-corrected chi connectivity index (χ4v) is 2.29. The largest absolute Gasteiger partial charge is 0.465 e. The molecule has 0 fully saturated rings. The number of aryl methyl sites for hydroxylation is 1. The number of amides is 1. The van der Waals surface area contributed by atoms with E-state index in [9.17, 15) is 9.59 Å². The first-order valence-corrected chi connectivity index (χ1v) is 7.29. The third kappa shape index (κ3) is 5.38. The van der Waals surface area contributed by atoms with Crippen molar-refractivity contribution < 1.29 is 14.3 Å². The van der Waals surface area contributed by atoms with Gasteiger partial charge in [0.2, 0.25) is 5.91 Å². The van der Waals surface area contributed by atoms with Crippen molar-refractivity contribution in [1.82, 2.24) is 9.88 Å². The number of ether oxygens (including phenoxy) is 1. The van der Waals surface area contributed by atoms with Crippen molar-refractivity contribution in [1.29, 1.82) is 0 Å². The normalized spacial score (nSPS) is 10.3. The minimum Gasteiger partial charge on any atom is -0.465 e. The van der Waals surface area contributed by atoms with Crippen molar-refractivity contribution in [3.63, 3.8) is 0 Å². The molecule has 6 heteroatoms. The van der Waals surface area contributed by atoms with Crippen LogP contribution in [-0.2, 0) is 20.7 Å². The molecule has 19 heavy (non-hydrogen) atoms. The average molecular weight is 284 g/mol. The van der Waals surface area contributed by atoms with E-state index in [1.165, 1.54) is 16.2 Å². The average Bonchev–Trinajstić information content (AvgIpc) is 2.74. The van der Waals surface area contributed by atoms with Crippen LogP contribution >= 0.6 is 11.3 Å². The molecule has 1 aromatic rings. The van der Waals surface area contributed by atoms with Gasteiger partial charge in [0.15, 0.2) is 0 Å². The summed E-state index contributed by atoms with van der Waals surface area (Å²) in [7, 11) is 0. The van der Waals surface area contributed by atoms with E-state index < -0.39 is 0 Å². The summed E-state index contributed by atoms with van der Waals surface area (Å²) in [5, 5.41) is 2.82. The highest BCUT2D eigenvalue weighted by Gasteiger charge is 2.18. The Bertz CT molecular complexity index is 431. The van der Waals surface area contributed by atoms with E-state index in [0.717, 1.165) is 17.1 Å². The second kappa shape index (κ2) is 7.89. The zero-order valence-corrected chi connectivity index (χ0v) is 12.5. The quantitative estimate of drug-likeness (QED) is 0.716. The smallest absolute Gasteiger partial charge is 0.325 e. The van der Waals surface area contributed by atoms with Crippen LogP contribution in [0.3, 0.4) is 0 Å². The topological polar surface area (TPSA) is 59.5 Å². The number of hydrogen-bond donors (Lipinski definition) is 0. The number of aromatic nitrogens is 1. The highest BCUT2D eigenvalue weighted by molar-refractivity contribution is 7.09. The lowest BCUT2D eigenvalue weighted by atomic mass is 10.3. The number of carbonyl (C=O) groups excluding carboxylic acids is 2. The minimum atomic E-state index is -0.362. The molecule has 1 rings (SSSR count). The van der Waals surface area contributed by atoms with Crippen LogP contribution in [0.1, 0.15) is 31.0 Å². The third-order valence-corrected chi connectivity index (χ3v) is 3.29. The van der Waals surface area contributed by atoms with Gasteiger partial charge in [0.25, 0.3) is 0 Å². The van der Waals surface area contributed by atoms with Crippen molar-refractivity contribution in [2.24, 2.45) is 0 Å². The first kappa shape index (κ1) is 15.6. The zero-order valence-electron chi connectivity index (χ0n) is 11.6. The molecular formula is C13H20N2O3S. The molecule has 0 atom stereocenters. The molecule has 0 aliphatic rings. The Kier molecular flexibility index (Phi) is 6.49. The molecule has 0 aliphatic heterocycles. The Morgan fingerprint density at radius 3 is 2.68 bits per heavy atom. The highest BCUT2D eigenvalue weighted by Crippen LogP contribution is 2.10. The monoisotopic (exact) mass is 284 g/mol. The zero-order chi connectivity index (χ0) is 14.3. The molecule has 0 saturated carbocycles. The van der Waals surface area contributed by atoms with Gasteiger partial charge in [-0.1, -0.05) is 6.92 Å². The Morgan fingerprint density at radius 2 is 2.16 bits per heavy atom. The van der Waals surface area contributed by atoms with Gasteiger partial charge in [0.05, 0.1) is 23.7 Å². The van der Waals surface area contributed by atoms with Gasteiger partial charge in [-0.05, 0) is 20.3 Å². The molecule has 0 saturated heterocycles. The molecule has 0 N–H and O–H groups in total. The van der Waals surface area contributed by atoms with Crippen LogP contribution in [0.15, 0.2) is 5.38 Å². The van der Waals surface area contributed by atoms with Gasteiger partial charge in [-0.25, -0.2) is 4.98 Å². The van der Waals surface area contributed by atoms with Crippen LogP contribution in [-0.4, -0.2) is 41.5 Å². The molecular weight excluding hydrogens is 264 g/mol. The van der Waals surface area contributed by atoms with Gasteiger partial charge in [-0.3, -0.25) is 9.59 Å². The maximum atomic E-state index is 12.1. The second-order valence-electron chi connectivity index (χ2n) is 4.15. The molecule has 1 aromatic heterocycles. The second-order valence-corrected chi connectivity index (χ2v) is 5.22. The Balaban J connectivity index is 2.59. The molecule has 106 valence electrons. The number of hydrogen-bond acceptors (Lipinski definition) is 5. The summed E-state index contributed by atoms with van der Waals surface area (Å²) in [5.74, 6) is -0.445. The maximum Gasteiger partial charge on any atom is 0.325 e. The summed E-state index contributed by atoms with van der Waals surface area (Å²) in [6.45, 7) is 6.53. The molecule has 0 spiro atoms. The highest BCUT2D eigenvalue weighted by atomic mass is 32.1. The van der Waals surface area contributed by atoms with Crippen LogP contribution in [0.4, 0.5) is 0 Å². The summed E-state index contributed by atoms with van der Waals surface area (Å²) < 4.78 is 4.88. The van der Waals surface area contributed by atoms with E-state index in [1.54, 1.807) is 6.92 Å². The number of carbonyl (C=O) groups is 2. The van der Waals surface area contributed by atoms with E-state index in [4.69, 9.17) is 4.74 Å². The van der Waals surface area contributed by atoms with Gasteiger partial charge < -0.3 is 9.64 Å². The number of esters is 1. The number of rotatable bonds is 7. The third-order valence-electron chi connectivity index (χ3n) is 2.47. The minimum absolute atomic E-state index is 0.0175. The molecule has 5 nitrogen and oxygen atoms in total. The van der Waals surface area contributed by atoms with Crippen LogP contribution in [0.25, 0.3) is 0 Å². The summed E-state index contributed by atoms with van der Waals surface area (Å²) >= 11 is 1.52. The molecule has 0 unspecified atom stereocenters. The van der Waals surface area contributed by atoms with Crippen molar-refractivity contribution in [2.45, 2.75) is 33.6 Å². The van der Waals surface area contributed by atoms with Crippen molar-refractivity contribution in [2.75, 3.05) is 19.7 Å². The molecule has 0 bridgehead atoms. The van der Waals surface area contributed by atoms with Gasteiger partial charge >= 0.3 is 5.97 Å². The van der Waals surface area contributed by atoms with Gasteiger partial charge in [-0.15, -0.1) is 11.3 Å². The Hall–Kier alpha value is -1.43. The molecule has 0 aromatic carbocycles. The molecule has 1 amide bonds. The lowest BCUT2D eigenvalue weighted by molar-refractivity contribution is -0.148. The number of thiazole rings is 1.